The van der Waals surface area contributed by atoms with E-state index < -0.39 is 5.41 Å². The first-order chi connectivity index (χ1) is 27.8. The minimum atomic E-state index is -0.477. The maximum atomic E-state index is 3.98. The minimum absolute atomic E-state index is 0.00246. The van der Waals surface area contributed by atoms with E-state index in [4.69, 9.17) is 0 Å². The van der Waals surface area contributed by atoms with Crippen LogP contribution in [0.1, 0.15) is 190 Å². The quantitative estimate of drug-likeness (QED) is 0.0849. The largest absolute Gasteiger partial charge is 0.0714 e. The topological polar surface area (TPSA) is 0 Å². The first-order valence-electron chi connectivity index (χ1n) is 22.8. The van der Waals surface area contributed by atoms with Crippen molar-refractivity contribution in [2.45, 2.75) is 167 Å². The summed E-state index contributed by atoms with van der Waals surface area (Å²) in [5.41, 5.74) is 16.6. The molecule has 306 valence electrons. The molecule has 0 saturated heterocycles. The molecular formula is C56H68Br2. The van der Waals surface area contributed by atoms with Gasteiger partial charge in [-0.25, -0.2) is 0 Å². The Morgan fingerprint density at radius 3 is 1.22 bits per heavy atom. The fourth-order valence-corrected chi connectivity index (χ4v) is 11.3. The van der Waals surface area contributed by atoms with Crippen molar-refractivity contribution in [1.29, 1.82) is 0 Å². The predicted molar refractivity (Wildman–Crippen MR) is 259 cm³/mol. The second kappa shape index (κ2) is 17.6. The summed E-state index contributed by atoms with van der Waals surface area (Å²) in [5.74, 6) is 0. The molecule has 0 unspecified atom stereocenters. The molecule has 7 rings (SSSR count). The normalized spacial score (nSPS) is 14.9. The highest BCUT2D eigenvalue weighted by Gasteiger charge is 2.50. The van der Waals surface area contributed by atoms with E-state index in [1.165, 1.54) is 150 Å². The van der Waals surface area contributed by atoms with Crippen molar-refractivity contribution in [3.63, 3.8) is 0 Å². The SMILES string of the molecule is CCCCCCCCC1(CCCCCCCC)c2cc(Br)ccc2-c2cc3c(cc21)-c1ccc(Br)cc1C3(c1ccc(C(C)(C)C)cc1)c1ccc(C(C)(C)C)cc1. The molecule has 0 aliphatic heterocycles. The first-order valence-corrected chi connectivity index (χ1v) is 24.4. The van der Waals surface area contributed by atoms with E-state index >= 15 is 0 Å². The van der Waals surface area contributed by atoms with Crippen LogP contribution in [0, 0.1) is 0 Å². The molecular weight excluding hydrogens is 832 g/mol. The summed E-state index contributed by atoms with van der Waals surface area (Å²) in [6, 6.07) is 39.0. The summed E-state index contributed by atoms with van der Waals surface area (Å²) in [5, 5.41) is 0. The van der Waals surface area contributed by atoms with Crippen LogP contribution in [-0.4, -0.2) is 0 Å². The Kier molecular flexibility index (Phi) is 13.1. The zero-order valence-corrected chi connectivity index (χ0v) is 40.1. The van der Waals surface area contributed by atoms with Crippen LogP contribution in [0.4, 0.5) is 0 Å². The van der Waals surface area contributed by atoms with Crippen molar-refractivity contribution in [3.05, 3.63) is 151 Å². The smallest absolute Gasteiger partial charge is 0.0654 e. The van der Waals surface area contributed by atoms with Gasteiger partial charge in [0.1, 0.15) is 0 Å². The third-order valence-electron chi connectivity index (χ3n) is 13.8. The van der Waals surface area contributed by atoms with Crippen molar-refractivity contribution in [1.82, 2.24) is 0 Å². The lowest BCUT2D eigenvalue weighted by atomic mass is 9.66. The lowest BCUT2D eigenvalue weighted by molar-refractivity contribution is 0.398. The van der Waals surface area contributed by atoms with Gasteiger partial charge < -0.3 is 0 Å². The number of hydrogen-bond donors (Lipinski definition) is 0. The number of unbranched alkanes of at least 4 members (excludes halogenated alkanes) is 10. The second-order valence-electron chi connectivity index (χ2n) is 19.8. The van der Waals surface area contributed by atoms with Gasteiger partial charge in [-0.3, -0.25) is 0 Å². The van der Waals surface area contributed by atoms with Gasteiger partial charge in [0, 0.05) is 14.4 Å². The number of halogens is 2. The van der Waals surface area contributed by atoms with Gasteiger partial charge in [-0.15, -0.1) is 0 Å². The molecule has 0 spiro atoms. The molecule has 0 nitrogen and oxygen atoms in total. The molecule has 0 heterocycles. The summed E-state index contributed by atoms with van der Waals surface area (Å²) >= 11 is 7.96. The predicted octanol–water partition coefficient (Wildman–Crippen LogP) is 17.9. The highest BCUT2D eigenvalue weighted by atomic mass is 79.9. The lowest BCUT2D eigenvalue weighted by Gasteiger charge is -2.36. The Bertz CT molecular complexity index is 2120. The summed E-state index contributed by atoms with van der Waals surface area (Å²) < 4.78 is 2.33. The van der Waals surface area contributed by atoms with Crippen LogP contribution in [0.2, 0.25) is 0 Å². The van der Waals surface area contributed by atoms with Crippen LogP contribution in [0.15, 0.2) is 106 Å². The zero-order chi connectivity index (χ0) is 41.3. The van der Waals surface area contributed by atoms with E-state index in [9.17, 15) is 0 Å². The van der Waals surface area contributed by atoms with Crippen LogP contribution >= 0.6 is 31.9 Å². The standard InChI is InChI=1S/C56H68Br2/c1-9-11-13-15-17-19-33-55(34-20-18-16-14-12-10-2)49-35-43(57)29-31-45(49)47-38-52-48(37-50(47)55)46-32-30-44(58)36-51(46)56(52,41-25-21-39(22-26-41)53(3,4)5)42-27-23-40(24-28-42)54(6,7)8/h21-32,35-38H,9-20,33-34H2,1-8H3. The Balaban J connectivity index is 1.48. The Labute approximate surface area is 369 Å². The highest BCUT2D eigenvalue weighted by Crippen LogP contribution is 2.62. The molecule has 2 aliphatic rings. The molecule has 0 radical (unpaired) electrons. The molecule has 0 atom stereocenters. The average Bonchev–Trinajstić information content (AvgIpc) is 3.62. The van der Waals surface area contributed by atoms with Gasteiger partial charge in [0.2, 0.25) is 0 Å². The van der Waals surface area contributed by atoms with Gasteiger partial charge in [0.15, 0.2) is 0 Å². The van der Waals surface area contributed by atoms with Crippen molar-refractivity contribution in [2.75, 3.05) is 0 Å². The van der Waals surface area contributed by atoms with E-state index in [2.05, 4.69) is 184 Å². The van der Waals surface area contributed by atoms with Crippen LogP contribution in [0.5, 0.6) is 0 Å². The fraction of sp³-hybridized carbons (Fsp3) is 0.464. The molecule has 5 aromatic carbocycles. The molecule has 0 aromatic heterocycles. The highest BCUT2D eigenvalue weighted by molar-refractivity contribution is 9.10. The van der Waals surface area contributed by atoms with Gasteiger partial charge >= 0.3 is 0 Å². The molecule has 0 N–H and O–H groups in total. The van der Waals surface area contributed by atoms with Crippen molar-refractivity contribution in [2.24, 2.45) is 0 Å². The van der Waals surface area contributed by atoms with Crippen LogP contribution in [-0.2, 0) is 21.7 Å². The van der Waals surface area contributed by atoms with E-state index in [0.29, 0.717) is 0 Å². The van der Waals surface area contributed by atoms with Gasteiger partial charge in [0.05, 0.1) is 5.41 Å². The number of benzene rings is 5. The van der Waals surface area contributed by atoms with Gasteiger partial charge in [-0.1, -0.05) is 225 Å². The molecule has 0 saturated carbocycles. The third-order valence-corrected chi connectivity index (χ3v) is 14.8. The summed E-state index contributed by atoms with van der Waals surface area (Å²) in [6.45, 7) is 18.6. The summed E-state index contributed by atoms with van der Waals surface area (Å²) in [7, 11) is 0. The number of hydrogen-bond acceptors (Lipinski definition) is 0. The second-order valence-corrected chi connectivity index (χ2v) is 21.7. The minimum Gasteiger partial charge on any atom is -0.0654 e. The van der Waals surface area contributed by atoms with Crippen molar-refractivity contribution in [3.8, 4) is 22.3 Å². The van der Waals surface area contributed by atoms with Gasteiger partial charge in [-0.05, 0) is 127 Å². The molecule has 2 aliphatic carbocycles. The number of fused-ring (bicyclic) bond motifs is 6. The van der Waals surface area contributed by atoms with E-state index in [1.54, 1.807) is 11.1 Å². The molecule has 0 bridgehead atoms. The monoisotopic (exact) mass is 898 g/mol. The zero-order valence-electron chi connectivity index (χ0n) is 36.9. The van der Waals surface area contributed by atoms with E-state index in [-0.39, 0.29) is 16.2 Å². The Hall–Kier alpha value is -2.94. The van der Waals surface area contributed by atoms with Crippen LogP contribution < -0.4 is 0 Å². The van der Waals surface area contributed by atoms with Crippen molar-refractivity contribution < 1.29 is 0 Å². The summed E-state index contributed by atoms with van der Waals surface area (Å²) in [6.07, 6.45) is 18.3. The molecule has 2 heteroatoms. The Morgan fingerprint density at radius 2 is 0.759 bits per heavy atom. The van der Waals surface area contributed by atoms with Gasteiger partial charge in [-0.2, -0.15) is 0 Å². The average molecular weight is 901 g/mol. The first kappa shape index (κ1) is 43.2. The maximum Gasteiger partial charge on any atom is 0.0714 e. The lowest BCUT2D eigenvalue weighted by Crippen LogP contribution is -2.29. The molecule has 0 amide bonds. The van der Waals surface area contributed by atoms with Crippen molar-refractivity contribution >= 4 is 31.9 Å². The third kappa shape index (κ3) is 8.12. The molecule has 58 heavy (non-hydrogen) atoms. The Morgan fingerprint density at radius 1 is 0.397 bits per heavy atom. The molecule has 5 aromatic rings. The van der Waals surface area contributed by atoms with Gasteiger partial charge in [0.25, 0.3) is 0 Å². The maximum absolute atomic E-state index is 3.98. The molecule has 0 fully saturated rings. The van der Waals surface area contributed by atoms with E-state index in [0.717, 1.165) is 4.47 Å². The van der Waals surface area contributed by atoms with E-state index in [1.807, 2.05) is 0 Å². The fourth-order valence-electron chi connectivity index (χ4n) is 10.6. The van der Waals surface area contributed by atoms with Crippen LogP contribution in [0.3, 0.4) is 0 Å². The number of rotatable bonds is 16. The summed E-state index contributed by atoms with van der Waals surface area (Å²) in [4.78, 5) is 0. The van der Waals surface area contributed by atoms with Crippen LogP contribution in [0.25, 0.3) is 22.3 Å².